The number of piperazine rings is 1. The summed E-state index contributed by atoms with van der Waals surface area (Å²) < 4.78 is 0. The smallest absolute Gasteiger partial charge is 0.213 e. The first-order chi connectivity index (χ1) is 4.83. The molecule has 0 aromatic carbocycles. The van der Waals surface area contributed by atoms with E-state index in [4.69, 9.17) is 0 Å². The lowest BCUT2D eigenvalue weighted by Gasteiger charge is -2.05. The summed E-state index contributed by atoms with van der Waals surface area (Å²) in [6.07, 6.45) is 0.389. The van der Waals surface area contributed by atoms with E-state index < -0.39 is 0 Å². The van der Waals surface area contributed by atoms with Crippen LogP contribution in [0.4, 0.5) is 0 Å². The number of aldehydes is 1. The van der Waals surface area contributed by atoms with Gasteiger partial charge in [0.15, 0.2) is 6.29 Å². The molecule has 2 heterocycles. The van der Waals surface area contributed by atoms with Gasteiger partial charge in [0.25, 0.3) is 0 Å². The van der Waals surface area contributed by atoms with Crippen LogP contribution in [0.1, 0.15) is 0 Å². The highest BCUT2D eigenvalue weighted by atomic mass is 16.2. The van der Waals surface area contributed by atoms with Crippen molar-refractivity contribution in [2.24, 2.45) is 0 Å². The number of rotatable bonds is 2. The Balaban J connectivity index is 2.05. The Morgan fingerprint density at radius 2 is 2.40 bits per heavy atom. The second-order valence-electron chi connectivity index (χ2n) is 2.71. The molecular formula is C6H8N2O2. The maximum Gasteiger partial charge on any atom is 0.213 e. The van der Waals surface area contributed by atoms with Gasteiger partial charge >= 0.3 is 0 Å². The molecule has 0 aromatic rings. The molecule has 10 heavy (non-hydrogen) atoms. The van der Waals surface area contributed by atoms with Crippen LogP contribution >= 0.6 is 0 Å². The SMILES string of the molecule is O=CC(=O)C1NCC2NC21. The number of fused-ring (bicyclic) bond motifs is 1. The van der Waals surface area contributed by atoms with Crippen molar-refractivity contribution < 1.29 is 9.59 Å². The van der Waals surface area contributed by atoms with Gasteiger partial charge in [-0.2, -0.15) is 0 Å². The normalized spacial score (nSPS) is 42.6. The first-order valence-corrected chi connectivity index (χ1v) is 3.31. The van der Waals surface area contributed by atoms with Gasteiger partial charge in [-0.05, 0) is 0 Å². The molecule has 0 aromatic heterocycles. The molecule has 54 valence electrons. The van der Waals surface area contributed by atoms with E-state index >= 15 is 0 Å². The van der Waals surface area contributed by atoms with E-state index in [0.717, 1.165) is 6.54 Å². The summed E-state index contributed by atoms with van der Waals surface area (Å²) in [7, 11) is 0. The van der Waals surface area contributed by atoms with Crippen LogP contribution in [0.5, 0.6) is 0 Å². The Kier molecular flexibility index (Phi) is 1.12. The third-order valence-electron chi connectivity index (χ3n) is 2.07. The first-order valence-electron chi connectivity index (χ1n) is 3.31. The van der Waals surface area contributed by atoms with Gasteiger partial charge in [0.1, 0.15) is 0 Å². The van der Waals surface area contributed by atoms with E-state index in [2.05, 4.69) is 10.6 Å². The van der Waals surface area contributed by atoms with Crippen molar-refractivity contribution in [2.75, 3.05) is 6.54 Å². The number of nitrogens with one attached hydrogen (secondary N) is 2. The van der Waals surface area contributed by atoms with Crippen molar-refractivity contribution >= 4 is 12.1 Å². The van der Waals surface area contributed by atoms with Crippen LogP contribution in [0.15, 0.2) is 0 Å². The molecule has 4 nitrogen and oxygen atoms in total. The Hall–Kier alpha value is -0.740. The zero-order valence-electron chi connectivity index (χ0n) is 5.33. The fourth-order valence-electron chi connectivity index (χ4n) is 1.44. The van der Waals surface area contributed by atoms with Crippen LogP contribution in [-0.4, -0.2) is 36.7 Å². The van der Waals surface area contributed by atoms with E-state index in [1.807, 2.05) is 0 Å². The summed E-state index contributed by atoms with van der Waals surface area (Å²) in [4.78, 5) is 20.8. The molecule has 4 heteroatoms. The summed E-state index contributed by atoms with van der Waals surface area (Å²) in [6.45, 7) is 0.814. The minimum Gasteiger partial charge on any atom is -0.305 e. The fourth-order valence-corrected chi connectivity index (χ4v) is 1.44. The topological polar surface area (TPSA) is 68.1 Å². The highest BCUT2D eigenvalue weighted by Crippen LogP contribution is 2.20. The van der Waals surface area contributed by atoms with Gasteiger partial charge in [0.2, 0.25) is 5.78 Å². The molecule has 2 aliphatic heterocycles. The van der Waals surface area contributed by atoms with Crippen molar-refractivity contribution in [3.05, 3.63) is 0 Å². The van der Waals surface area contributed by atoms with Gasteiger partial charge < -0.3 is 10.6 Å². The van der Waals surface area contributed by atoms with Gasteiger partial charge in [0.05, 0.1) is 6.04 Å². The molecule has 0 bridgehead atoms. The predicted molar refractivity (Wildman–Crippen MR) is 33.6 cm³/mol. The first kappa shape index (κ1) is 6.00. The van der Waals surface area contributed by atoms with Crippen molar-refractivity contribution in [1.82, 2.24) is 10.6 Å². The van der Waals surface area contributed by atoms with Crippen LogP contribution < -0.4 is 10.6 Å². The molecule has 2 N–H and O–H groups in total. The Labute approximate surface area is 58.0 Å². The van der Waals surface area contributed by atoms with Gasteiger partial charge in [-0.3, -0.25) is 9.59 Å². The summed E-state index contributed by atoms with van der Waals surface area (Å²) in [5, 5.41) is 6.05. The molecule has 2 aliphatic rings. The highest BCUT2D eigenvalue weighted by molar-refractivity contribution is 6.28. The number of carbonyl (C=O) groups excluding carboxylic acids is 2. The van der Waals surface area contributed by atoms with Crippen LogP contribution in [0.25, 0.3) is 0 Å². The lowest BCUT2D eigenvalue weighted by atomic mass is 10.1. The zero-order valence-corrected chi connectivity index (χ0v) is 5.33. The average molecular weight is 140 g/mol. The molecular weight excluding hydrogens is 132 g/mol. The molecule has 2 rings (SSSR count). The Morgan fingerprint density at radius 1 is 1.60 bits per heavy atom. The third-order valence-corrected chi connectivity index (χ3v) is 2.07. The maximum atomic E-state index is 10.8. The van der Waals surface area contributed by atoms with Crippen molar-refractivity contribution in [2.45, 2.75) is 18.1 Å². The number of hydrogen-bond donors (Lipinski definition) is 2. The molecule has 3 unspecified atom stereocenters. The maximum absolute atomic E-state index is 10.8. The van der Waals surface area contributed by atoms with Crippen molar-refractivity contribution in [1.29, 1.82) is 0 Å². The van der Waals surface area contributed by atoms with E-state index in [1.54, 1.807) is 0 Å². The molecule has 0 radical (unpaired) electrons. The van der Waals surface area contributed by atoms with Crippen LogP contribution in [0, 0.1) is 0 Å². The fraction of sp³-hybridized carbons (Fsp3) is 0.667. The highest BCUT2D eigenvalue weighted by Gasteiger charge is 2.50. The number of carbonyl (C=O) groups is 2. The molecule has 2 fully saturated rings. The van der Waals surface area contributed by atoms with Crippen molar-refractivity contribution in [3.8, 4) is 0 Å². The van der Waals surface area contributed by atoms with E-state index in [-0.39, 0.29) is 17.9 Å². The number of hydrogen-bond acceptors (Lipinski definition) is 4. The van der Waals surface area contributed by atoms with E-state index in [9.17, 15) is 9.59 Å². The lowest BCUT2D eigenvalue weighted by molar-refractivity contribution is -0.131. The van der Waals surface area contributed by atoms with Gasteiger partial charge in [-0.15, -0.1) is 0 Å². The van der Waals surface area contributed by atoms with Crippen LogP contribution in [0.2, 0.25) is 0 Å². The average Bonchev–Trinajstić information content (AvgIpc) is 2.62. The molecule has 0 amide bonds. The van der Waals surface area contributed by atoms with Gasteiger partial charge in [-0.25, -0.2) is 0 Å². The minimum atomic E-state index is -0.336. The largest absolute Gasteiger partial charge is 0.305 e. The van der Waals surface area contributed by atoms with E-state index in [1.165, 1.54) is 0 Å². The lowest BCUT2D eigenvalue weighted by Crippen LogP contribution is -2.39. The minimum absolute atomic E-state index is 0.234. The number of Topliss-reactive ketones (excluding diaryl/α,β-unsaturated/α-hetero) is 1. The monoisotopic (exact) mass is 140 g/mol. The Morgan fingerprint density at radius 3 is 2.80 bits per heavy atom. The predicted octanol–water partition coefficient (Wildman–Crippen LogP) is -1.93. The second-order valence-corrected chi connectivity index (χ2v) is 2.71. The van der Waals surface area contributed by atoms with Crippen molar-refractivity contribution in [3.63, 3.8) is 0 Å². The third kappa shape index (κ3) is 0.693. The molecule has 0 aliphatic carbocycles. The molecule has 0 saturated carbocycles. The molecule has 3 atom stereocenters. The summed E-state index contributed by atoms with van der Waals surface area (Å²) in [5.74, 6) is -0.336. The zero-order chi connectivity index (χ0) is 7.14. The Bertz CT molecular complexity index is 192. The number of ketones is 1. The van der Waals surface area contributed by atoms with Crippen LogP contribution in [0.3, 0.4) is 0 Å². The summed E-state index contributed by atoms with van der Waals surface area (Å²) >= 11 is 0. The molecule has 2 saturated heterocycles. The summed E-state index contributed by atoms with van der Waals surface area (Å²) in [5.41, 5.74) is 0. The van der Waals surface area contributed by atoms with E-state index in [0.29, 0.717) is 12.3 Å². The second kappa shape index (κ2) is 1.87. The van der Waals surface area contributed by atoms with Crippen LogP contribution in [-0.2, 0) is 9.59 Å². The quantitative estimate of drug-likeness (QED) is 0.266. The molecule has 0 spiro atoms. The van der Waals surface area contributed by atoms with Gasteiger partial charge in [0, 0.05) is 18.6 Å². The summed E-state index contributed by atoms with van der Waals surface area (Å²) in [6, 6.07) is 0.425. The van der Waals surface area contributed by atoms with Gasteiger partial charge in [-0.1, -0.05) is 0 Å². The standard InChI is InChI=1S/C6H8N2O2/c9-2-4(10)6-5-3(8-5)1-7-6/h2-3,5-8H,1H2.